The van der Waals surface area contributed by atoms with E-state index in [9.17, 15) is 18.4 Å². The molecule has 2 aliphatic rings. The van der Waals surface area contributed by atoms with Crippen LogP contribution in [0.5, 0.6) is 34.5 Å². The lowest BCUT2D eigenvalue weighted by Gasteiger charge is -2.33. The maximum Gasteiger partial charge on any atom is 0.299 e. The van der Waals surface area contributed by atoms with Crippen molar-refractivity contribution in [1.29, 1.82) is 0 Å². The molecule has 0 radical (unpaired) electrons. The molecule has 14 nitrogen and oxygen atoms in total. The molecule has 0 aliphatic carbocycles. The van der Waals surface area contributed by atoms with Gasteiger partial charge in [0, 0.05) is 42.5 Å². The summed E-state index contributed by atoms with van der Waals surface area (Å²) in [6.45, 7) is 10.4. The van der Waals surface area contributed by atoms with Crippen LogP contribution in [-0.2, 0) is 9.59 Å². The Hall–Kier alpha value is -8.13. The lowest BCUT2D eigenvalue weighted by Crippen LogP contribution is -2.38. The Morgan fingerprint density at radius 3 is 1.68 bits per heavy atom. The Kier molecular flexibility index (Phi) is 17.0. The molecule has 0 bridgehead atoms. The van der Waals surface area contributed by atoms with Gasteiger partial charge in [0.15, 0.2) is 23.0 Å². The molecule has 1 N–H and O–H groups in total. The molecular weight excluding hydrogens is 966 g/mol. The van der Waals surface area contributed by atoms with Crippen molar-refractivity contribution in [3.63, 3.8) is 0 Å². The van der Waals surface area contributed by atoms with Gasteiger partial charge in [-0.15, -0.1) is 0 Å². The number of allylic oxidation sites excluding steroid dienone is 1. The summed E-state index contributed by atoms with van der Waals surface area (Å²) in [6.07, 6.45) is 14.7. The summed E-state index contributed by atoms with van der Waals surface area (Å²) in [5, 5.41) is 3.08. The summed E-state index contributed by atoms with van der Waals surface area (Å²) in [6, 6.07) is 24.5. The van der Waals surface area contributed by atoms with Crippen molar-refractivity contribution in [2.75, 3.05) is 27.3 Å². The van der Waals surface area contributed by atoms with Gasteiger partial charge in [-0.3, -0.25) is 28.4 Å². The second kappa shape index (κ2) is 24.1. The number of imidazole rings is 2. The van der Waals surface area contributed by atoms with E-state index in [1.54, 1.807) is 61.7 Å². The van der Waals surface area contributed by atoms with E-state index in [2.05, 4.69) is 38.1 Å². The van der Waals surface area contributed by atoms with E-state index in [0.29, 0.717) is 18.0 Å². The van der Waals surface area contributed by atoms with Crippen molar-refractivity contribution >= 4 is 33.8 Å². The number of nitrogens with zero attached hydrogens (tertiary/aromatic N) is 7. The zero-order chi connectivity index (χ0) is 52.3. The van der Waals surface area contributed by atoms with Crippen LogP contribution in [0.15, 0.2) is 122 Å². The molecular formula is C57H55ClF2N8O6. The average Bonchev–Trinajstić information content (AvgIpc) is 4.02. The molecule has 0 unspecified atom stereocenters. The molecule has 380 valence electrons. The normalized spacial score (nSPS) is 15.1. The third kappa shape index (κ3) is 11.5. The van der Waals surface area contributed by atoms with Gasteiger partial charge in [0.05, 0.1) is 60.1 Å². The van der Waals surface area contributed by atoms with Crippen LogP contribution in [0.2, 0.25) is 0 Å². The van der Waals surface area contributed by atoms with Gasteiger partial charge >= 0.3 is 0 Å². The van der Waals surface area contributed by atoms with Crippen molar-refractivity contribution in [1.82, 2.24) is 39.0 Å². The van der Waals surface area contributed by atoms with Crippen LogP contribution >= 0.6 is 11.6 Å². The SMILES string of the molecule is C=CC(=O)Cl.CC#CC(=O)N1CCCC[C@H]1c1nc(-c2ccc(Oc3cccc(OC)c3F)cc2)c2c(C)nccn12.COc1cccc(Oc2ccc(-c3nc([C@@H]4CCCCN4)n4ccnc(C)c34)cc2)c1F. The zero-order valence-corrected chi connectivity index (χ0v) is 42.5. The fourth-order valence-electron chi connectivity index (χ4n) is 9.09. The predicted octanol–water partition coefficient (Wildman–Crippen LogP) is 12.1. The van der Waals surface area contributed by atoms with E-state index >= 15 is 0 Å². The molecule has 2 atom stereocenters. The molecule has 2 saturated heterocycles. The molecule has 4 aromatic heterocycles. The molecule has 10 rings (SSSR count). The van der Waals surface area contributed by atoms with E-state index in [-0.39, 0.29) is 41.0 Å². The summed E-state index contributed by atoms with van der Waals surface area (Å²) >= 11 is 4.71. The first-order valence-corrected chi connectivity index (χ1v) is 24.5. The van der Waals surface area contributed by atoms with Crippen LogP contribution < -0.4 is 24.3 Å². The Morgan fingerprint density at radius 1 is 0.716 bits per heavy atom. The Balaban J connectivity index is 0.000000182. The van der Waals surface area contributed by atoms with Gasteiger partial charge in [-0.25, -0.2) is 9.97 Å². The summed E-state index contributed by atoms with van der Waals surface area (Å²) in [7, 11) is 2.84. The number of piperidine rings is 2. The van der Waals surface area contributed by atoms with Crippen LogP contribution in [-0.4, -0.2) is 72.1 Å². The van der Waals surface area contributed by atoms with Gasteiger partial charge in [0.25, 0.3) is 5.91 Å². The molecule has 8 aromatic rings. The van der Waals surface area contributed by atoms with E-state index in [4.69, 9.17) is 40.5 Å². The number of ether oxygens (including phenoxy) is 4. The number of rotatable bonds is 11. The number of hydrogen-bond acceptors (Lipinski definition) is 11. The fraction of sp³-hybridized carbons (Fsp3) is 0.263. The smallest absolute Gasteiger partial charge is 0.299 e. The second-order valence-corrected chi connectivity index (χ2v) is 17.7. The molecule has 2 fully saturated rings. The highest BCUT2D eigenvalue weighted by molar-refractivity contribution is 6.66. The highest BCUT2D eigenvalue weighted by atomic mass is 35.5. The quantitative estimate of drug-likeness (QED) is 0.0750. The first-order valence-electron chi connectivity index (χ1n) is 24.1. The van der Waals surface area contributed by atoms with Crippen molar-refractivity contribution in [2.45, 2.75) is 71.4 Å². The number of aromatic nitrogens is 6. The predicted molar refractivity (Wildman–Crippen MR) is 280 cm³/mol. The van der Waals surface area contributed by atoms with E-state index in [0.717, 1.165) is 94.9 Å². The number of aryl methyl sites for hydroxylation is 2. The van der Waals surface area contributed by atoms with Gasteiger partial charge < -0.3 is 29.2 Å². The minimum Gasteiger partial charge on any atom is -0.494 e. The van der Waals surface area contributed by atoms with Gasteiger partial charge in [-0.05, 0) is 156 Å². The number of fused-ring (bicyclic) bond motifs is 2. The van der Waals surface area contributed by atoms with Crippen LogP contribution in [0.25, 0.3) is 33.5 Å². The fourth-order valence-corrected chi connectivity index (χ4v) is 9.09. The van der Waals surface area contributed by atoms with Crippen molar-refractivity contribution in [2.24, 2.45) is 0 Å². The van der Waals surface area contributed by atoms with Crippen LogP contribution in [0.4, 0.5) is 8.78 Å². The van der Waals surface area contributed by atoms with Crippen LogP contribution in [0.1, 0.15) is 80.6 Å². The highest BCUT2D eigenvalue weighted by Gasteiger charge is 2.32. The summed E-state index contributed by atoms with van der Waals surface area (Å²) in [4.78, 5) is 43.1. The molecule has 0 saturated carbocycles. The Labute approximate surface area is 433 Å². The summed E-state index contributed by atoms with van der Waals surface area (Å²) < 4.78 is 54.7. The van der Waals surface area contributed by atoms with Crippen LogP contribution in [0, 0.1) is 37.3 Å². The van der Waals surface area contributed by atoms with Crippen molar-refractivity contribution in [3.8, 4) is 68.9 Å². The largest absolute Gasteiger partial charge is 0.494 e. The van der Waals surface area contributed by atoms with Crippen molar-refractivity contribution in [3.05, 3.63) is 157 Å². The number of likely N-dealkylation sites (tertiary alicyclic amines) is 1. The molecule has 74 heavy (non-hydrogen) atoms. The zero-order valence-electron chi connectivity index (χ0n) is 41.7. The number of amides is 1. The minimum atomic E-state index is -0.556. The number of carbonyl (C=O) groups excluding carboxylic acids is 2. The number of benzene rings is 4. The molecule has 17 heteroatoms. The third-order valence-corrected chi connectivity index (χ3v) is 12.8. The third-order valence-electron chi connectivity index (χ3n) is 12.6. The lowest BCUT2D eigenvalue weighted by atomic mass is 10.0. The van der Waals surface area contributed by atoms with Gasteiger partial charge in [-0.1, -0.05) is 31.1 Å². The number of methoxy groups -OCH3 is 2. The molecule has 4 aromatic carbocycles. The highest BCUT2D eigenvalue weighted by Crippen LogP contribution is 2.38. The van der Waals surface area contributed by atoms with Gasteiger partial charge in [-0.2, -0.15) is 8.78 Å². The van der Waals surface area contributed by atoms with Gasteiger partial charge in [0.1, 0.15) is 23.1 Å². The Morgan fingerprint density at radius 2 is 1.20 bits per heavy atom. The molecule has 6 heterocycles. The maximum absolute atomic E-state index is 14.5. The number of nitrogens with one attached hydrogen (secondary N) is 1. The van der Waals surface area contributed by atoms with E-state index in [1.807, 2.05) is 78.1 Å². The van der Waals surface area contributed by atoms with Crippen LogP contribution in [0.3, 0.4) is 0 Å². The standard InChI is InChI=1S/C29H27FN4O3.C25H25FN4O2.C3H3ClO/c1-4-8-25(35)33-17-6-5-9-22(33)29-32-27(28-19(2)31-16-18-34(28)29)20-12-14-21(15-13-20)37-24-11-7-10-23(36-3)26(24)30;1-16-24-23(29-25(30(24)15-14-27-16)19-6-3-4-13-28-19)17-9-11-18(12-10-17)32-21-8-5-7-20(31-2)22(21)26;1-2-3(4)5/h7,10-16,18,22H,5-6,9,17H2,1-3H3;5,7-12,14-15,19,28H,3-4,6,13H2,1-2H3;2H,1H2/t22-;19-;/m00./s1. The lowest BCUT2D eigenvalue weighted by molar-refractivity contribution is -0.129. The topological polar surface area (TPSA) is 147 Å². The minimum absolute atomic E-state index is 0.0825. The van der Waals surface area contributed by atoms with E-state index in [1.165, 1.54) is 27.1 Å². The summed E-state index contributed by atoms with van der Waals surface area (Å²) in [5.41, 5.74) is 7.11. The summed E-state index contributed by atoms with van der Waals surface area (Å²) in [5.74, 6) is 7.45. The molecule has 0 spiro atoms. The first kappa shape index (κ1) is 52.2. The van der Waals surface area contributed by atoms with E-state index < -0.39 is 16.9 Å². The Bertz CT molecular complexity index is 3360. The molecule has 1 amide bonds. The number of hydrogen-bond donors (Lipinski definition) is 1. The monoisotopic (exact) mass is 1020 g/mol. The molecule has 2 aliphatic heterocycles. The maximum atomic E-state index is 14.5. The average molecular weight is 1020 g/mol. The number of halogens is 3. The second-order valence-electron chi connectivity index (χ2n) is 17.3. The van der Waals surface area contributed by atoms with Crippen molar-refractivity contribution < 1.29 is 37.3 Å². The van der Waals surface area contributed by atoms with Gasteiger partial charge in [0.2, 0.25) is 16.9 Å². The first-order chi connectivity index (χ1) is 35.9. The number of carbonyl (C=O) groups is 2.